The molecule has 0 spiro atoms. The van der Waals surface area contributed by atoms with E-state index in [1.54, 1.807) is 4.90 Å². The van der Waals surface area contributed by atoms with Crippen LogP contribution >= 0.6 is 0 Å². The van der Waals surface area contributed by atoms with Gasteiger partial charge in [0.15, 0.2) is 34.6 Å². The van der Waals surface area contributed by atoms with Gasteiger partial charge in [-0.05, 0) is 43.2 Å². The molecule has 8 heteroatoms. The number of halogens is 2. The van der Waals surface area contributed by atoms with E-state index in [2.05, 4.69) is 10.1 Å². The Hall–Kier alpha value is -3.55. The zero-order chi connectivity index (χ0) is 20.7. The Morgan fingerprint density at radius 3 is 2.60 bits per heavy atom. The fourth-order valence-electron chi connectivity index (χ4n) is 3.72. The number of hydrogen-bond acceptors (Lipinski definition) is 5. The van der Waals surface area contributed by atoms with Crippen molar-refractivity contribution in [1.82, 2.24) is 15.0 Å². The lowest BCUT2D eigenvalue weighted by Crippen LogP contribution is -2.38. The first-order valence-corrected chi connectivity index (χ1v) is 9.65. The summed E-state index contributed by atoms with van der Waals surface area (Å²) in [6.07, 6.45) is 1.46. The molecule has 1 fully saturated rings. The summed E-state index contributed by atoms with van der Waals surface area (Å²) >= 11 is 0. The molecule has 1 aliphatic heterocycles. The van der Waals surface area contributed by atoms with E-state index in [1.807, 2.05) is 24.3 Å². The Morgan fingerprint density at radius 1 is 1.03 bits per heavy atom. The fraction of sp³-hybridized carbons (Fsp3) is 0.227. The van der Waals surface area contributed by atoms with Crippen LogP contribution in [0, 0.1) is 11.6 Å². The molecule has 0 radical (unpaired) electrons. The van der Waals surface area contributed by atoms with Gasteiger partial charge in [0.2, 0.25) is 0 Å². The molecule has 0 bridgehead atoms. The molecule has 0 N–H and O–H groups in total. The Bertz CT molecular complexity index is 1190. The van der Waals surface area contributed by atoms with Gasteiger partial charge < -0.3 is 13.8 Å². The van der Waals surface area contributed by atoms with Crippen molar-refractivity contribution in [3.8, 4) is 11.3 Å². The molecule has 1 aliphatic rings. The normalized spacial score (nSPS) is 15.1. The van der Waals surface area contributed by atoms with E-state index in [4.69, 9.17) is 8.94 Å². The number of amides is 1. The second-order valence-electron chi connectivity index (χ2n) is 7.29. The number of likely N-dealkylation sites (tertiary alicyclic amines) is 1. The zero-order valence-electron chi connectivity index (χ0n) is 15.8. The van der Waals surface area contributed by atoms with Gasteiger partial charge in [0, 0.05) is 30.6 Å². The molecule has 0 saturated carbocycles. The fourth-order valence-corrected chi connectivity index (χ4v) is 3.72. The van der Waals surface area contributed by atoms with Crippen LogP contribution in [0.25, 0.3) is 22.4 Å². The predicted molar refractivity (Wildman–Crippen MR) is 104 cm³/mol. The van der Waals surface area contributed by atoms with Crippen LogP contribution in [0.3, 0.4) is 0 Å². The van der Waals surface area contributed by atoms with Gasteiger partial charge in [-0.25, -0.2) is 13.8 Å². The van der Waals surface area contributed by atoms with Crippen molar-refractivity contribution in [2.45, 2.75) is 18.8 Å². The Balaban J connectivity index is 1.26. The third-order valence-electron chi connectivity index (χ3n) is 5.38. The average molecular weight is 409 g/mol. The molecular weight excluding hydrogens is 392 g/mol. The summed E-state index contributed by atoms with van der Waals surface area (Å²) in [4.78, 5) is 19.0. The minimum absolute atomic E-state index is 0.134. The van der Waals surface area contributed by atoms with E-state index in [9.17, 15) is 13.6 Å². The second kappa shape index (κ2) is 7.37. The maximum atomic E-state index is 13.4. The molecule has 1 amide bonds. The third kappa shape index (κ3) is 3.34. The number of aromatic nitrogens is 2. The molecule has 6 nitrogen and oxygen atoms in total. The average Bonchev–Trinajstić information content (AvgIpc) is 3.43. The number of oxazole rings is 1. The lowest BCUT2D eigenvalue weighted by Gasteiger charge is -2.29. The summed E-state index contributed by atoms with van der Waals surface area (Å²) in [5.74, 6) is -1.14. The smallest absolute Gasteiger partial charge is 0.276 e. The molecule has 4 aromatic rings. The SMILES string of the molecule is O=C(c1cc(-c2ccc(F)c(F)c2)on1)N1CCC(c2nc3ccccc3o2)CC1. The van der Waals surface area contributed by atoms with Gasteiger partial charge in [0.1, 0.15) is 5.52 Å². The minimum Gasteiger partial charge on any atom is -0.440 e. The van der Waals surface area contributed by atoms with Crippen LogP contribution in [0.5, 0.6) is 0 Å². The number of piperidine rings is 1. The molecule has 0 atom stereocenters. The highest BCUT2D eigenvalue weighted by Crippen LogP contribution is 2.31. The van der Waals surface area contributed by atoms with Crippen LogP contribution in [0.1, 0.15) is 35.1 Å². The van der Waals surface area contributed by atoms with Crippen LogP contribution in [0.4, 0.5) is 8.78 Å². The molecule has 0 unspecified atom stereocenters. The van der Waals surface area contributed by atoms with Gasteiger partial charge in [-0.3, -0.25) is 4.79 Å². The monoisotopic (exact) mass is 409 g/mol. The number of hydrogen-bond donors (Lipinski definition) is 0. The zero-order valence-corrected chi connectivity index (χ0v) is 15.8. The predicted octanol–water partition coefficient (Wildman–Crippen LogP) is 4.78. The number of benzene rings is 2. The van der Waals surface area contributed by atoms with Crippen LogP contribution in [0.15, 0.2) is 57.5 Å². The van der Waals surface area contributed by atoms with E-state index in [0.717, 1.165) is 36.1 Å². The summed E-state index contributed by atoms with van der Waals surface area (Å²) in [5.41, 5.74) is 2.04. The number of rotatable bonds is 3. The molecule has 152 valence electrons. The lowest BCUT2D eigenvalue weighted by atomic mass is 9.96. The van der Waals surface area contributed by atoms with Gasteiger partial charge in [-0.1, -0.05) is 17.3 Å². The van der Waals surface area contributed by atoms with Crippen LogP contribution in [-0.2, 0) is 0 Å². The van der Waals surface area contributed by atoms with E-state index >= 15 is 0 Å². The highest BCUT2D eigenvalue weighted by Gasteiger charge is 2.29. The van der Waals surface area contributed by atoms with Gasteiger partial charge in [-0.2, -0.15) is 0 Å². The highest BCUT2D eigenvalue weighted by molar-refractivity contribution is 5.93. The minimum atomic E-state index is -0.988. The first kappa shape index (κ1) is 18.5. The molecule has 5 rings (SSSR count). The van der Waals surface area contributed by atoms with E-state index in [1.165, 1.54) is 12.1 Å². The van der Waals surface area contributed by atoms with Gasteiger partial charge in [0.05, 0.1) is 0 Å². The largest absolute Gasteiger partial charge is 0.440 e. The van der Waals surface area contributed by atoms with Gasteiger partial charge in [0.25, 0.3) is 5.91 Å². The topological polar surface area (TPSA) is 72.4 Å². The standard InChI is InChI=1S/C22H17F2N3O3/c23-15-6-5-14(11-16(15)24)20-12-18(26-30-20)22(28)27-9-7-13(8-10-27)21-25-17-3-1-2-4-19(17)29-21/h1-6,11-13H,7-10H2. The van der Waals surface area contributed by atoms with Crippen molar-refractivity contribution in [3.63, 3.8) is 0 Å². The van der Waals surface area contributed by atoms with Crippen molar-refractivity contribution in [2.24, 2.45) is 0 Å². The maximum Gasteiger partial charge on any atom is 0.276 e. The van der Waals surface area contributed by atoms with E-state index < -0.39 is 11.6 Å². The maximum absolute atomic E-state index is 13.4. The second-order valence-corrected chi connectivity index (χ2v) is 7.29. The van der Waals surface area contributed by atoms with Crippen LogP contribution in [-0.4, -0.2) is 34.0 Å². The number of para-hydroxylation sites is 2. The molecule has 0 aliphatic carbocycles. The van der Waals surface area contributed by atoms with Crippen molar-refractivity contribution in [2.75, 3.05) is 13.1 Å². The summed E-state index contributed by atoms with van der Waals surface area (Å²) in [5, 5.41) is 3.81. The number of fused-ring (bicyclic) bond motifs is 1. The Morgan fingerprint density at radius 2 is 1.83 bits per heavy atom. The quantitative estimate of drug-likeness (QED) is 0.487. The highest BCUT2D eigenvalue weighted by atomic mass is 19.2. The summed E-state index contributed by atoms with van der Waals surface area (Å²) in [7, 11) is 0. The molecule has 3 heterocycles. The Kier molecular flexibility index (Phi) is 4.54. The first-order valence-electron chi connectivity index (χ1n) is 9.65. The van der Waals surface area contributed by atoms with Crippen molar-refractivity contribution < 1.29 is 22.5 Å². The summed E-state index contributed by atoms with van der Waals surface area (Å²) < 4.78 is 37.6. The van der Waals surface area contributed by atoms with E-state index in [-0.39, 0.29) is 23.3 Å². The molecular formula is C22H17F2N3O3. The molecule has 2 aromatic heterocycles. The molecule has 1 saturated heterocycles. The van der Waals surface area contributed by atoms with Crippen LogP contribution < -0.4 is 0 Å². The Labute approximate surface area is 170 Å². The van der Waals surface area contributed by atoms with Crippen LogP contribution in [0.2, 0.25) is 0 Å². The first-order chi connectivity index (χ1) is 14.6. The third-order valence-corrected chi connectivity index (χ3v) is 5.38. The van der Waals surface area contributed by atoms with E-state index in [0.29, 0.717) is 24.5 Å². The van der Waals surface area contributed by atoms with Crippen molar-refractivity contribution in [3.05, 3.63) is 71.8 Å². The number of carbonyl (C=O) groups is 1. The van der Waals surface area contributed by atoms with Crippen molar-refractivity contribution >= 4 is 17.0 Å². The van der Waals surface area contributed by atoms with Gasteiger partial charge in [-0.15, -0.1) is 0 Å². The summed E-state index contributed by atoms with van der Waals surface area (Å²) in [6.45, 7) is 1.07. The van der Waals surface area contributed by atoms with Gasteiger partial charge >= 0.3 is 0 Å². The molecule has 30 heavy (non-hydrogen) atoms. The number of carbonyl (C=O) groups excluding carboxylic acids is 1. The van der Waals surface area contributed by atoms with Crippen molar-refractivity contribution in [1.29, 1.82) is 0 Å². The number of nitrogens with zero attached hydrogens (tertiary/aromatic N) is 3. The summed E-state index contributed by atoms with van der Waals surface area (Å²) in [6, 6.07) is 12.5. The lowest BCUT2D eigenvalue weighted by molar-refractivity contribution is 0.0696. The molecule has 2 aromatic carbocycles.